The average Bonchev–Trinajstić information content (AvgIpc) is 2.79. The Hall–Kier alpha value is -3.05. The molecular formula is C24H27N3O2. The van der Waals surface area contributed by atoms with E-state index in [9.17, 15) is 4.79 Å². The van der Waals surface area contributed by atoms with E-state index >= 15 is 0 Å². The van der Waals surface area contributed by atoms with Crippen molar-refractivity contribution in [2.75, 3.05) is 51.3 Å². The highest BCUT2D eigenvalue weighted by molar-refractivity contribution is 6.06. The third-order valence-electron chi connectivity index (χ3n) is 5.56. The van der Waals surface area contributed by atoms with E-state index in [1.165, 1.54) is 5.69 Å². The number of methoxy groups -OCH3 is 1. The van der Waals surface area contributed by atoms with Crippen LogP contribution in [-0.2, 0) is 0 Å². The summed E-state index contributed by atoms with van der Waals surface area (Å²) in [5.74, 6) is 0.882. The zero-order valence-corrected chi connectivity index (χ0v) is 16.8. The molecule has 1 N–H and O–H groups in total. The molecule has 1 aliphatic heterocycles. The third kappa shape index (κ3) is 4.51. The highest BCUT2D eigenvalue weighted by Crippen LogP contribution is 2.21. The lowest BCUT2D eigenvalue weighted by Crippen LogP contribution is -2.48. The Kier molecular flexibility index (Phi) is 5.96. The monoisotopic (exact) mass is 389 g/mol. The predicted molar refractivity (Wildman–Crippen MR) is 118 cm³/mol. The molecular weight excluding hydrogens is 362 g/mol. The second-order valence-corrected chi connectivity index (χ2v) is 7.31. The van der Waals surface area contributed by atoms with E-state index in [0.29, 0.717) is 6.54 Å². The number of nitrogens with one attached hydrogen (secondary N) is 1. The Morgan fingerprint density at radius 2 is 1.66 bits per heavy atom. The van der Waals surface area contributed by atoms with Crippen molar-refractivity contribution in [3.8, 4) is 5.75 Å². The smallest absolute Gasteiger partial charge is 0.251 e. The summed E-state index contributed by atoms with van der Waals surface area (Å²) in [6.45, 7) is 5.50. The summed E-state index contributed by atoms with van der Waals surface area (Å²) >= 11 is 0. The normalized spacial score (nSPS) is 14.7. The van der Waals surface area contributed by atoms with Gasteiger partial charge < -0.3 is 15.0 Å². The summed E-state index contributed by atoms with van der Waals surface area (Å²) in [5, 5.41) is 5.18. The SMILES string of the molecule is COc1ccc(N2CCN(CCNC(=O)c3cccc4ccccc34)CC2)cc1. The van der Waals surface area contributed by atoms with Gasteiger partial charge in [-0.05, 0) is 41.1 Å². The van der Waals surface area contributed by atoms with Crippen molar-refractivity contribution in [1.29, 1.82) is 0 Å². The van der Waals surface area contributed by atoms with Gasteiger partial charge in [0.2, 0.25) is 0 Å². The van der Waals surface area contributed by atoms with Crippen LogP contribution in [0.3, 0.4) is 0 Å². The van der Waals surface area contributed by atoms with Gasteiger partial charge in [-0.25, -0.2) is 0 Å². The minimum Gasteiger partial charge on any atom is -0.497 e. The fourth-order valence-corrected chi connectivity index (χ4v) is 3.87. The minimum atomic E-state index is -0.00123. The highest BCUT2D eigenvalue weighted by atomic mass is 16.5. The number of ether oxygens (including phenoxy) is 1. The van der Waals surface area contributed by atoms with Gasteiger partial charge in [0, 0.05) is 50.5 Å². The minimum absolute atomic E-state index is 0.00123. The van der Waals surface area contributed by atoms with Crippen molar-refractivity contribution >= 4 is 22.4 Å². The van der Waals surface area contributed by atoms with Gasteiger partial charge in [-0.2, -0.15) is 0 Å². The number of piperazine rings is 1. The van der Waals surface area contributed by atoms with Gasteiger partial charge in [-0.1, -0.05) is 36.4 Å². The van der Waals surface area contributed by atoms with Gasteiger partial charge in [0.15, 0.2) is 0 Å². The average molecular weight is 389 g/mol. The van der Waals surface area contributed by atoms with Crippen LogP contribution in [0.25, 0.3) is 10.8 Å². The summed E-state index contributed by atoms with van der Waals surface area (Å²) in [6, 6.07) is 22.1. The fourth-order valence-electron chi connectivity index (χ4n) is 3.87. The molecule has 3 aromatic rings. The molecule has 1 saturated heterocycles. The van der Waals surface area contributed by atoms with E-state index in [1.54, 1.807) is 7.11 Å². The third-order valence-corrected chi connectivity index (χ3v) is 5.56. The number of rotatable bonds is 6. The second kappa shape index (κ2) is 8.97. The van der Waals surface area contributed by atoms with Crippen LogP contribution in [0.2, 0.25) is 0 Å². The molecule has 29 heavy (non-hydrogen) atoms. The molecule has 4 rings (SSSR count). The van der Waals surface area contributed by atoms with Crippen molar-refractivity contribution in [2.45, 2.75) is 0 Å². The van der Waals surface area contributed by atoms with Crippen LogP contribution in [0, 0.1) is 0 Å². The van der Waals surface area contributed by atoms with Crippen LogP contribution in [0.5, 0.6) is 5.75 Å². The second-order valence-electron chi connectivity index (χ2n) is 7.31. The van der Waals surface area contributed by atoms with Gasteiger partial charge in [-0.3, -0.25) is 9.69 Å². The first-order valence-corrected chi connectivity index (χ1v) is 10.1. The number of fused-ring (bicyclic) bond motifs is 1. The van der Waals surface area contributed by atoms with Crippen LogP contribution >= 0.6 is 0 Å². The van der Waals surface area contributed by atoms with Gasteiger partial charge in [-0.15, -0.1) is 0 Å². The lowest BCUT2D eigenvalue weighted by atomic mass is 10.0. The van der Waals surface area contributed by atoms with Crippen molar-refractivity contribution in [2.24, 2.45) is 0 Å². The fraction of sp³-hybridized carbons (Fsp3) is 0.292. The van der Waals surface area contributed by atoms with E-state index in [2.05, 4.69) is 27.2 Å². The number of carbonyl (C=O) groups is 1. The molecule has 5 heteroatoms. The zero-order valence-electron chi connectivity index (χ0n) is 16.8. The molecule has 1 amide bonds. The molecule has 0 saturated carbocycles. The Morgan fingerprint density at radius 3 is 2.41 bits per heavy atom. The number of carbonyl (C=O) groups excluding carboxylic acids is 1. The Labute approximate surface area is 171 Å². The predicted octanol–water partition coefficient (Wildman–Crippen LogP) is 3.40. The number of benzene rings is 3. The summed E-state index contributed by atoms with van der Waals surface area (Å²) < 4.78 is 5.23. The summed E-state index contributed by atoms with van der Waals surface area (Å²) in [4.78, 5) is 17.4. The Bertz CT molecular complexity index is 958. The Morgan fingerprint density at radius 1 is 0.931 bits per heavy atom. The van der Waals surface area contributed by atoms with Crippen molar-refractivity contribution in [3.63, 3.8) is 0 Å². The van der Waals surface area contributed by atoms with E-state index in [1.807, 2.05) is 54.6 Å². The van der Waals surface area contributed by atoms with Crippen LogP contribution in [0.1, 0.15) is 10.4 Å². The molecule has 3 aromatic carbocycles. The number of hydrogen-bond donors (Lipinski definition) is 1. The first-order valence-electron chi connectivity index (χ1n) is 10.1. The topological polar surface area (TPSA) is 44.8 Å². The van der Waals surface area contributed by atoms with Crippen LogP contribution < -0.4 is 15.0 Å². The zero-order chi connectivity index (χ0) is 20.1. The Balaban J connectivity index is 1.25. The lowest BCUT2D eigenvalue weighted by molar-refractivity contribution is 0.0949. The molecule has 0 unspecified atom stereocenters. The standard InChI is InChI=1S/C24H27N3O2/c1-29-21-11-9-20(10-12-21)27-17-15-26(16-18-27)14-13-25-24(28)23-8-4-6-19-5-2-3-7-22(19)23/h2-12H,13-18H2,1H3,(H,25,28). The number of anilines is 1. The van der Waals surface area contributed by atoms with E-state index < -0.39 is 0 Å². The van der Waals surface area contributed by atoms with Gasteiger partial charge in [0.25, 0.3) is 5.91 Å². The van der Waals surface area contributed by atoms with Crippen LogP contribution in [-0.4, -0.2) is 57.2 Å². The highest BCUT2D eigenvalue weighted by Gasteiger charge is 2.17. The maximum Gasteiger partial charge on any atom is 0.251 e. The number of hydrogen-bond acceptors (Lipinski definition) is 4. The van der Waals surface area contributed by atoms with E-state index in [4.69, 9.17) is 4.74 Å². The summed E-state index contributed by atoms with van der Waals surface area (Å²) in [7, 11) is 1.69. The molecule has 1 aliphatic rings. The molecule has 0 aliphatic carbocycles. The molecule has 1 heterocycles. The largest absolute Gasteiger partial charge is 0.497 e. The maximum atomic E-state index is 12.6. The first kappa shape index (κ1) is 19.3. The molecule has 150 valence electrons. The van der Waals surface area contributed by atoms with Gasteiger partial charge in [0.1, 0.15) is 5.75 Å². The molecule has 0 aromatic heterocycles. The molecule has 0 spiro atoms. The number of amides is 1. The maximum absolute atomic E-state index is 12.6. The quantitative estimate of drug-likeness (QED) is 0.702. The molecule has 1 fully saturated rings. The molecule has 0 atom stereocenters. The molecule has 0 bridgehead atoms. The van der Waals surface area contributed by atoms with Crippen molar-refractivity contribution in [3.05, 3.63) is 72.3 Å². The van der Waals surface area contributed by atoms with Gasteiger partial charge >= 0.3 is 0 Å². The molecule has 5 nitrogen and oxygen atoms in total. The number of nitrogens with zero attached hydrogens (tertiary/aromatic N) is 2. The van der Waals surface area contributed by atoms with Crippen molar-refractivity contribution in [1.82, 2.24) is 10.2 Å². The van der Waals surface area contributed by atoms with Crippen LogP contribution in [0.4, 0.5) is 5.69 Å². The first-order chi connectivity index (χ1) is 14.2. The van der Waals surface area contributed by atoms with E-state index in [-0.39, 0.29) is 5.91 Å². The van der Waals surface area contributed by atoms with Crippen molar-refractivity contribution < 1.29 is 9.53 Å². The van der Waals surface area contributed by atoms with Crippen LogP contribution in [0.15, 0.2) is 66.7 Å². The molecule has 0 radical (unpaired) electrons. The van der Waals surface area contributed by atoms with E-state index in [0.717, 1.165) is 54.8 Å². The summed E-state index contributed by atoms with van der Waals surface area (Å²) in [6.07, 6.45) is 0. The van der Waals surface area contributed by atoms with Gasteiger partial charge in [0.05, 0.1) is 7.11 Å². The lowest BCUT2D eigenvalue weighted by Gasteiger charge is -2.36. The summed E-state index contributed by atoms with van der Waals surface area (Å²) in [5.41, 5.74) is 1.97.